The Kier molecular flexibility index (Phi) is 5.30. The minimum atomic E-state index is 0.760. The highest BCUT2D eigenvalue weighted by Gasteiger charge is 2.22. The van der Waals surface area contributed by atoms with Gasteiger partial charge in [-0.25, -0.2) is 0 Å². The molecule has 0 aromatic carbocycles. The van der Waals surface area contributed by atoms with Crippen molar-refractivity contribution in [3.8, 4) is 0 Å². The molecule has 2 heteroatoms. The van der Waals surface area contributed by atoms with Crippen LogP contribution in [-0.2, 0) is 0 Å². The van der Waals surface area contributed by atoms with Gasteiger partial charge in [-0.3, -0.25) is 0 Å². The molecule has 0 amide bonds. The third-order valence-corrected chi connectivity index (χ3v) is 4.92. The molecule has 2 unspecified atom stereocenters. The second kappa shape index (κ2) is 6.75. The third kappa shape index (κ3) is 4.26. The van der Waals surface area contributed by atoms with E-state index in [1.165, 1.54) is 64.5 Å². The van der Waals surface area contributed by atoms with E-state index in [4.69, 9.17) is 0 Å². The predicted molar refractivity (Wildman–Crippen MR) is 74.3 cm³/mol. The Bertz CT molecular complexity index is 211. The van der Waals surface area contributed by atoms with Gasteiger partial charge < -0.3 is 10.2 Å². The van der Waals surface area contributed by atoms with Crippen LogP contribution in [0.2, 0.25) is 0 Å². The van der Waals surface area contributed by atoms with Crippen LogP contribution in [0.15, 0.2) is 0 Å². The molecular formula is C15H30N2. The second-order valence-corrected chi connectivity index (χ2v) is 6.30. The Hall–Kier alpha value is -0.0800. The minimum absolute atomic E-state index is 0.760. The summed E-state index contributed by atoms with van der Waals surface area (Å²) in [5.41, 5.74) is 0. The molecule has 0 aromatic heterocycles. The van der Waals surface area contributed by atoms with Crippen LogP contribution < -0.4 is 5.32 Å². The Morgan fingerprint density at radius 1 is 1.12 bits per heavy atom. The highest BCUT2D eigenvalue weighted by Crippen LogP contribution is 2.26. The second-order valence-electron chi connectivity index (χ2n) is 6.30. The lowest BCUT2D eigenvalue weighted by molar-refractivity contribution is 0.167. The van der Waals surface area contributed by atoms with Crippen LogP contribution in [-0.4, -0.2) is 37.1 Å². The molecule has 2 nitrogen and oxygen atoms in total. The van der Waals surface area contributed by atoms with E-state index >= 15 is 0 Å². The SMILES string of the molecule is CC1CC(NCCC2CCCCC2)CCN1C. The average molecular weight is 238 g/mol. The fourth-order valence-electron chi connectivity index (χ4n) is 3.44. The van der Waals surface area contributed by atoms with E-state index in [9.17, 15) is 0 Å². The molecule has 0 aromatic rings. The Morgan fingerprint density at radius 2 is 1.88 bits per heavy atom. The van der Waals surface area contributed by atoms with Crippen molar-refractivity contribution in [2.75, 3.05) is 20.1 Å². The van der Waals surface area contributed by atoms with Crippen molar-refractivity contribution in [3.63, 3.8) is 0 Å². The van der Waals surface area contributed by atoms with E-state index in [0.29, 0.717) is 0 Å². The topological polar surface area (TPSA) is 15.3 Å². The van der Waals surface area contributed by atoms with Crippen LogP contribution in [0.1, 0.15) is 58.3 Å². The van der Waals surface area contributed by atoms with Crippen molar-refractivity contribution in [2.24, 2.45) is 5.92 Å². The molecular weight excluding hydrogens is 208 g/mol. The standard InChI is InChI=1S/C15H30N2/c1-13-12-15(9-11-17(13)2)16-10-8-14-6-4-3-5-7-14/h13-16H,3-12H2,1-2H3. The van der Waals surface area contributed by atoms with Gasteiger partial charge in [0.2, 0.25) is 0 Å². The zero-order valence-corrected chi connectivity index (χ0v) is 11.8. The van der Waals surface area contributed by atoms with E-state index in [2.05, 4.69) is 24.2 Å². The largest absolute Gasteiger partial charge is 0.314 e. The van der Waals surface area contributed by atoms with Crippen LogP contribution in [0.25, 0.3) is 0 Å². The first-order valence-corrected chi connectivity index (χ1v) is 7.69. The maximum absolute atomic E-state index is 3.79. The molecule has 17 heavy (non-hydrogen) atoms. The maximum Gasteiger partial charge on any atom is 0.00940 e. The van der Waals surface area contributed by atoms with Crippen molar-refractivity contribution >= 4 is 0 Å². The number of rotatable bonds is 4. The molecule has 2 fully saturated rings. The molecule has 100 valence electrons. The summed E-state index contributed by atoms with van der Waals surface area (Å²) in [4.78, 5) is 2.49. The molecule has 1 saturated heterocycles. The van der Waals surface area contributed by atoms with Crippen LogP contribution >= 0.6 is 0 Å². The summed E-state index contributed by atoms with van der Waals surface area (Å²) in [5.74, 6) is 1.03. The summed E-state index contributed by atoms with van der Waals surface area (Å²) >= 11 is 0. The molecule has 1 aliphatic heterocycles. The summed E-state index contributed by atoms with van der Waals surface area (Å²) in [6.45, 7) is 4.88. The minimum Gasteiger partial charge on any atom is -0.314 e. The van der Waals surface area contributed by atoms with E-state index in [0.717, 1.165) is 18.0 Å². The van der Waals surface area contributed by atoms with Crippen molar-refractivity contribution in [1.29, 1.82) is 0 Å². The molecule has 0 bridgehead atoms. The van der Waals surface area contributed by atoms with Gasteiger partial charge in [0.25, 0.3) is 0 Å². The lowest BCUT2D eigenvalue weighted by Crippen LogP contribution is -2.45. The van der Waals surface area contributed by atoms with Crippen molar-refractivity contribution < 1.29 is 0 Å². The fourth-order valence-corrected chi connectivity index (χ4v) is 3.44. The lowest BCUT2D eigenvalue weighted by Gasteiger charge is -2.35. The normalized spacial score (nSPS) is 32.8. The number of hydrogen-bond donors (Lipinski definition) is 1. The van der Waals surface area contributed by atoms with Gasteiger partial charge in [0.05, 0.1) is 0 Å². The fraction of sp³-hybridized carbons (Fsp3) is 1.00. The molecule has 1 saturated carbocycles. The predicted octanol–water partition coefficient (Wildman–Crippen LogP) is 3.03. The summed E-state index contributed by atoms with van der Waals surface area (Å²) in [7, 11) is 2.25. The van der Waals surface area contributed by atoms with Crippen LogP contribution in [0, 0.1) is 5.92 Å². The summed E-state index contributed by atoms with van der Waals surface area (Å²) in [6, 6.07) is 1.54. The van der Waals surface area contributed by atoms with Gasteiger partial charge in [0.15, 0.2) is 0 Å². The summed E-state index contributed by atoms with van der Waals surface area (Å²) in [6.07, 6.45) is 11.5. The summed E-state index contributed by atoms with van der Waals surface area (Å²) in [5, 5.41) is 3.79. The van der Waals surface area contributed by atoms with Crippen molar-refractivity contribution in [1.82, 2.24) is 10.2 Å². The zero-order chi connectivity index (χ0) is 12.1. The third-order valence-electron chi connectivity index (χ3n) is 4.92. The van der Waals surface area contributed by atoms with Crippen LogP contribution in [0.3, 0.4) is 0 Å². The van der Waals surface area contributed by atoms with Gasteiger partial charge >= 0.3 is 0 Å². The number of hydrogen-bond acceptors (Lipinski definition) is 2. The van der Waals surface area contributed by atoms with Gasteiger partial charge in [-0.05, 0) is 52.2 Å². The molecule has 2 aliphatic rings. The first-order chi connectivity index (χ1) is 8.25. The first kappa shape index (κ1) is 13.4. The number of likely N-dealkylation sites (tertiary alicyclic amines) is 1. The maximum atomic E-state index is 3.79. The quantitative estimate of drug-likeness (QED) is 0.810. The molecule has 2 rings (SSSR count). The highest BCUT2D eigenvalue weighted by molar-refractivity contribution is 4.81. The molecule has 2 atom stereocenters. The molecule has 1 N–H and O–H groups in total. The van der Waals surface area contributed by atoms with E-state index in [1.54, 1.807) is 0 Å². The highest BCUT2D eigenvalue weighted by atomic mass is 15.1. The average Bonchev–Trinajstić information content (AvgIpc) is 2.35. The van der Waals surface area contributed by atoms with Crippen LogP contribution in [0.5, 0.6) is 0 Å². The monoisotopic (exact) mass is 238 g/mol. The molecule has 1 aliphatic carbocycles. The van der Waals surface area contributed by atoms with E-state index < -0.39 is 0 Å². The zero-order valence-electron chi connectivity index (χ0n) is 11.8. The van der Waals surface area contributed by atoms with Crippen molar-refractivity contribution in [3.05, 3.63) is 0 Å². The van der Waals surface area contributed by atoms with Crippen molar-refractivity contribution in [2.45, 2.75) is 70.4 Å². The number of nitrogens with one attached hydrogen (secondary N) is 1. The van der Waals surface area contributed by atoms with Gasteiger partial charge in [0.1, 0.15) is 0 Å². The first-order valence-electron chi connectivity index (χ1n) is 7.69. The smallest absolute Gasteiger partial charge is 0.00940 e. The number of piperidine rings is 1. The number of nitrogens with zero attached hydrogens (tertiary/aromatic N) is 1. The Balaban J connectivity index is 1.58. The van der Waals surface area contributed by atoms with E-state index in [1.807, 2.05) is 0 Å². The molecule has 0 radical (unpaired) electrons. The van der Waals surface area contributed by atoms with E-state index in [-0.39, 0.29) is 0 Å². The van der Waals surface area contributed by atoms with Gasteiger partial charge in [-0.15, -0.1) is 0 Å². The van der Waals surface area contributed by atoms with Gasteiger partial charge in [-0.2, -0.15) is 0 Å². The lowest BCUT2D eigenvalue weighted by atomic mass is 9.87. The molecule has 0 spiro atoms. The van der Waals surface area contributed by atoms with Crippen LogP contribution in [0.4, 0.5) is 0 Å². The summed E-state index contributed by atoms with van der Waals surface area (Å²) < 4.78 is 0. The Labute approximate surface area is 107 Å². The Morgan fingerprint density at radius 3 is 2.59 bits per heavy atom. The molecule has 1 heterocycles. The van der Waals surface area contributed by atoms with Gasteiger partial charge in [0, 0.05) is 12.1 Å². The van der Waals surface area contributed by atoms with Gasteiger partial charge in [-0.1, -0.05) is 32.1 Å².